The molecule has 1 amide bonds. The molecule has 2 rings (SSSR count). The standard InChI is InChI=1S/C12H15N3O2S/c1-12(2,3)15-9(16)7-18-11-14-10-8(17-11)5-4-6-13-10/h4-6H,7H2,1-3H3,(H,15,16). The molecule has 0 aromatic carbocycles. The molecular formula is C12H15N3O2S. The predicted octanol–water partition coefficient (Wildman–Crippen LogP) is 2.23. The molecule has 0 radical (unpaired) electrons. The number of pyridine rings is 1. The van der Waals surface area contributed by atoms with Crippen molar-refractivity contribution in [3.05, 3.63) is 18.3 Å². The zero-order valence-electron chi connectivity index (χ0n) is 10.6. The van der Waals surface area contributed by atoms with Gasteiger partial charge in [0.25, 0.3) is 5.22 Å². The number of hydrogen-bond acceptors (Lipinski definition) is 5. The maximum atomic E-state index is 11.6. The van der Waals surface area contributed by atoms with Crippen LogP contribution in [0.3, 0.4) is 0 Å². The van der Waals surface area contributed by atoms with Gasteiger partial charge < -0.3 is 9.73 Å². The third-order valence-corrected chi connectivity index (χ3v) is 2.81. The number of amides is 1. The largest absolute Gasteiger partial charge is 0.430 e. The van der Waals surface area contributed by atoms with Crippen LogP contribution in [0, 0.1) is 0 Å². The highest BCUT2D eigenvalue weighted by Gasteiger charge is 2.15. The summed E-state index contributed by atoms with van der Waals surface area (Å²) in [5.74, 6) is 0.243. The second kappa shape index (κ2) is 4.97. The number of oxazole rings is 1. The van der Waals surface area contributed by atoms with Crippen LogP contribution >= 0.6 is 11.8 Å². The van der Waals surface area contributed by atoms with Gasteiger partial charge in [-0.25, -0.2) is 4.98 Å². The molecule has 18 heavy (non-hydrogen) atoms. The Labute approximate surface area is 109 Å². The molecule has 1 N–H and O–H groups in total. The minimum atomic E-state index is -0.222. The summed E-state index contributed by atoms with van der Waals surface area (Å²) in [6.45, 7) is 5.83. The van der Waals surface area contributed by atoms with E-state index in [0.29, 0.717) is 16.5 Å². The number of nitrogens with zero attached hydrogens (tertiary/aromatic N) is 2. The first kappa shape index (κ1) is 12.9. The maximum Gasteiger partial charge on any atom is 0.258 e. The van der Waals surface area contributed by atoms with E-state index in [1.807, 2.05) is 20.8 Å². The van der Waals surface area contributed by atoms with E-state index < -0.39 is 0 Å². The first-order valence-electron chi connectivity index (χ1n) is 5.59. The second-order valence-electron chi connectivity index (χ2n) is 4.89. The van der Waals surface area contributed by atoms with E-state index in [4.69, 9.17) is 4.42 Å². The van der Waals surface area contributed by atoms with Gasteiger partial charge in [-0.05, 0) is 32.9 Å². The number of aromatic nitrogens is 2. The van der Waals surface area contributed by atoms with E-state index >= 15 is 0 Å². The summed E-state index contributed by atoms with van der Waals surface area (Å²) in [6, 6.07) is 3.59. The Hall–Kier alpha value is -1.56. The van der Waals surface area contributed by atoms with Crippen LogP contribution in [-0.2, 0) is 4.79 Å². The van der Waals surface area contributed by atoms with Gasteiger partial charge in [-0.15, -0.1) is 0 Å². The van der Waals surface area contributed by atoms with Gasteiger partial charge >= 0.3 is 0 Å². The average molecular weight is 265 g/mol. The lowest BCUT2D eigenvalue weighted by Gasteiger charge is -2.19. The number of nitrogens with one attached hydrogen (secondary N) is 1. The number of carbonyl (C=O) groups excluding carboxylic acids is 1. The summed E-state index contributed by atoms with van der Waals surface area (Å²) in [5.41, 5.74) is 0.980. The fourth-order valence-corrected chi connectivity index (χ4v) is 2.02. The molecule has 0 spiro atoms. The normalized spacial score (nSPS) is 11.7. The lowest BCUT2D eigenvalue weighted by atomic mass is 10.1. The number of carbonyl (C=O) groups is 1. The predicted molar refractivity (Wildman–Crippen MR) is 70.4 cm³/mol. The lowest BCUT2D eigenvalue weighted by molar-refractivity contribution is -0.119. The van der Waals surface area contributed by atoms with Gasteiger partial charge in [-0.1, -0.05) is 11.8 Å². The Morgan fingerprint density at radius 2 is 2.28 bits per heavy atom. The molecule has 2 heterocycles. The molecule has 0 aliphatic carbocycles. The molecule has 0 fully saturated rings. The molecule has 6 heteroatoms. The van der Waals surface area contributed by atoms with Gasteiger partial charge in [0.2, 0.25) is 5.91 Å². The Morgan fingerprint density at radius 3 is 2.94 bits per heavy atom. The summed E-state index contributed by atoms with van der Waals surface area (Å²) in [4.78, 5) is 19.9. The molecular weight excluding hydrogens is 250 g/mol. The zero-order chi connectivity index (χ0) is 13.2. The van der Waals surface area contributed by atoms with Crippen molar-refractivity contribution in [2.45, 2.75) is 31.5 Å². The van der Waals surface area contributed by atoms with Crippen LogP contribution in [0.2, 0.25) is 0 Å². The van der Waals surface area contributed by atoms with Gasteiger partial charge in [0, 0.05) is 11.7 Å². The summed E-state index contributed by atoms with van der Waals surface area (Å²) < 4.78 is 5.46. The van der Waals surface area contributed by atoms with Crippen LogP contribution in [0.25, 0.3) is 11.2 Å². The second-order valence-corrected chi connectivity index (χ2v) is 5.82. The van der Waals surface area contributed by atoms with Crippen LogP contribution in [0.1, 0.15) is 20.8 Å². The Bertz CT molecular complexity index is 527. The molecule has 96 valence electrons. The van der Waals surface area contributed by atoms with E-state index in [2.05, 4.69) is 15.3 Å². The topological polar surface area (TPSA) is 68.0 Å². The maximum absolute atomic E-state index is 11.6. The monoisotopic (exact) mass is 265 g/mol. The van der Waals surface area contributed by atoms with Crippen LogP contribution in [0.15, 0.2) is 28.0 Å². The highest BCUT2D eigenvalue weighted by molar-refractivity contribution is 7.99. The van der Waals surface area contributed by atoms with Crippen molar-refractivity contribution in [1.29, 1.82) is 0 Å². The number of fused-ring (bicyclic) bond motifs is 1. The average Bonchev–Trinajstić information content (AvgIpc) is 2.66. The smallest absolute Gasteiger partial charge is 0.258 e. The first-order valence-corrected chi connectivity index (χ1v) is 6.58. The van der Waals surface area contributed by atoms with Crippen molar-refractivity contribution in [2.24, 2.45) is 0 Å². The van der Waals surface area contributed by atoms with E-state index in [0.717, 1.165) is 0 Å². The number of thioether (sulfide) groups is 1. The molecule has 0 saturated heterocycles. The Morgan fingerprint density at radius 1 is 1.50 bits per heavy atom. The summed E-state index contributed by atoms with van der Waals surface area (Å²) >= 11 is 1.27. The highest BCUT2D eigenvalue weighted by atomic mass is 32.2. The molecule has 2 aromatic heterocycles. The molecule has 0 atom stereocenters. The molecule has 0 unspecified atom stereocenters. The van der Waals surface area contributed by atoms with Gasteiger partial charge in [0.1, 0.15) is 0 Å². The summed E-state index contributed by atoms with van der Waals surface area (Å²) in [5, 5.41) is 3.34. The molecule has 0 bridgehead atoms. The van der Waals surface area contributed by atoms with E-state index in [9.17, 15) is 4.79 Å². The molecule has 2 aromatic rings. The molecule has 0 aliphatic heterocycles. The van der Waals surface area contributed by atoms with Crippen LogP contribution < -0.4 is 5.32 Å². The van der Waals surface area contributed by atoms with Gasteiger partial charge in [0.05, 0.1) is 5.75 Å². The van der Waals surface area contributed by atoms with Gasteiger partial charge in [-0.3, -0.25) is 4.79 Å². The number of hydrogen-bond donors (Lipinski definition) is 1. The van der Waals surface area contributed by atoms with Crippen molar-refractivity contribution in [3.63, 3.8) is 0 Å². The van der Waals surface area contributed by atoms with Crippen molar-refractivity contribution in [3.8, 4) is 0 Å². The van der Waals surface area contributed by atoms with Crippen molar-refractivity contribution >= 4 is 28.9 Å². The van der Waals surface area contributed by atoms with E-state index in [1.165, 1.54) is 11.8 Å². The summed E-state index contributed by atoms with van der Waals surface area (Å²) in [6.07, 6.45) is 1.66. The van der Waals surface area contributed by atoms with Gasteiger partial charge in [0.15, 0.2) is 11.2 Å². The minimum Gasteiger partial charge on any atom is -0.430 e. The van der Waals surface area contributed by atoms with Crippen LogP contribution in [0.4, 0.5) is 0 Å². The van der Waals surface area contributed by atoms with Crippen molar-refractivity contribution in [2.75, 3.05) is 5.75 Å². The third-order valence-electron chi connectivity index (χ3n) is 1.99. The van der Waals surface area contributed by atoms with Gasteiger partial charge in [-0.2, -0.15) is 4.98 Å². The van der Waals surface area contributed by atoms with E-state index in [1.54, 1.807) is 18.3 Å². The molecule has 0 aliphatic rings. The molecule has 5 nitrogen and oxygen atoms in total. The molecule has 0 saturated carbocycles. The first-order chi connectivity index (χ1) is 8.44. The fourth-order valence-electron chi connectivity index (χ4n) is 1.39. The number of rotatable bonds is 3. The zero-order valence-corrected chi connectivity index (χ0v) is 11.4. The quantitative estimate of drug-likeness (QED) is 0.862. The highest BCUT2D eigenvalue weighted by Crippen LogP contribution is 2.21. The van der Waals surface area contributed by atoms with Crippen molar-refractivity contribution in [1.82, 2.24) is 15.3 Å². The third kappa shape index (κ3) is 3.46. The SMILES string of the molecule is CC(C)(C)NC(=O)CSc1nc2ncccc2o1. The van der Waals surface area contributed by atoms with Crippen molar-refractivity contribution < 1.29 is 9.21 Å². The minimum absolute atomic E-state index is 0.0392. The fraction of sp³-hybridized carbons (Fsp3) is 0.417. The lowest BCUT2D eigenvalue weighted by Crippen LogP contribution is -2.41. The Balaban J connectivity index is 1.96. The summed E-state index contributed by atoms with van der Waals surface area (Å²) in [7, 11) is 0. The van der Waals surface area contributed by atoms with Crippen LogP contribution in [0.5, 0.6) is 0 Å². The van der Waals surface area contributed by atoms with Crippen LogP contribution in [-0.4, -0.2) is 27.2 Å². The van der Waals surface area contributed by atoms with E-state index in [-0.39, 0.29) is 17.2 Å². The Kier molecular flexibility index (Phi) is 3.56.